The van der Waals surface area contributed by atoms with Crippen molar-refractivity contribution in [1.29, 1.82) is 0 Å². The molecular formula is C28H34N2O7. The predicted octanol–water partition coefficient (Wildman–Crippen LogP) is 4.22. The van der Waals surface area contributed by atoms with Crippen LogP contribution in [0.2, 0.25) is 0 Å². The zero-order valence-electron chi connectivity index (χ0n) is 21.2. The SMILES string of the molecule is COc1cc([C@@H](CC(=O)NC[C@H](c2ccco2)N2CCCCCC2)c2oc(C)cc(=O)c2O)ccc1O. The molecule has 3 heterocycles. The average molecular weight is 511 g/mol. The Balaban J connectivity index is 1.58. The first kappa shape index (κ1) is 26.3. The molecular weight excluding hydrogens is 476 g/mol. The van der Waals surface area contributed by atoms with Gasteiger partial charge in [0.25, 0.3) is 0 Å². The van der Waals surface area contributed by atoms with Gasteiger partial charge in [0.05, 0.1) is 25.3 Å². The van der Waals surface area contributed by atoms with Crippen LogP contribution < -0.4 is 15.5 Å². The Labute approximate surface area is 215 Å². The highest BCUT2D eigenvalue weighted by atomic mass is 16.5. The van der Waals surface area contributed by atoms with Crippen LogP contribution in [0.5, 0.6) is 17.2 Å². The number of nitrogens with one attached hydrogen (secondary N) is 1. The number of phenols is 1. The molecule has 1 amide bonds. The van der Waals surface area contributed by atoms with Crippen LogP contribution in [0.15, 0.2) is 56.3 Å². The second-order valence-electron chi connectivity index (χ2n) is 9.41. The number of benzene rings is 1. The maximum absolute atomic E-state index is 13.3. The van der Waals surface area contributed by atoms with Gasteiger partial charge in [-0.05, 0) is 62.7 Å². The third-order valence-electron chi connectivity index (χ3n) is 6.83. The van der Waals surface area contributed by atoms with E-state index in [9.17, 15) is 19.8 Å². The van der Waals surface area contributed by atoms with Gasteiger partial charge in [0, 0.05) is 19.0 Å². The van der Waals surface area contributed by atoms with Crippen LogP contribution in [0, 0.1) is 6.92 Å². The van der Waals surface area contributed by atoms with Crippen LogP contribution in [0.3, 0.4) is 0 Å². The number of amides is 1. The standard InChI is InChI=1S/C28H34N2O7/c1-18-14-23(32)27(34)28(37-18)20(19-9-10-22(31)25(15-19)35-2)16-26(33)29-17-21(24-8-7-13-36-24)30-11-5-3-4-6-12-30/h7-10,13-15,20-21,31,34H,3-6,11-12,16-17H2,1-2H3,(H,29,33)/t20-,21-/m1/s1. The molecule has 9 nitrogen and oxygen atoms in total. The topological polar surface area (TPSA) is 125 Å². The summed E-state index contributed by atoms with van der Waals surface area (Å²) in [6, 6.07) is 9.48. The molecule has 3 aromatic rings. The largest absolute Gasteiger partial charge is 0.504 e. The average Bonchev–Trinajstić information content (AvgIpc) is 3.28. The highest BCUT2D eigenvalue weighted by Crippen LogP contribution is 2.37. The number of furan rings is 1. The van der Waals surface area contributed by atoms with Gasteiger partial charge in [0.1, 0.15) is 11.5 Å². The molecule has 198 valence electrons. The van der Waals surface area contributed by atoms with E-state index in [4.69, 9.17) is 13.6 Å². The van der Waals surface area contributed by atoms with Gasteiger partial charge in [0.15, 0.2) is 17.3 Å². The molecule has 4 rings (SSSR count). The van der Waals surface area contributed by atoms with Gasteiger partial charge in [-0.15, -0.1) is 0 Å². The number of rotatable bonds is 9. The van der Waals surface area contributed by atoms with Crippen LogP contribution in [-0.4, -0.2) is 47.8 Å². The van der Waals surface area contributed by atoms with Crippen molar-refractivity contribution in [2.75, 3.05) is 26.7 Å². The van der Waals surface area contributed by atoms with E-state index in [0.29, 0.717) is 17.9 Å². The van der Waals surface area contributed by atoms with E-state index >= 15 is 0 Å². The van der Waals surface area contributed by atoms with E-state index in [-0.39, 0.29) is 35.6 Å². The number of hydrogen-bond donors (Lipinski definition) is 3. The van der Waals surface area contributed by atoms with E-state index < -0.39 is 17.1 Å². The summed E-state index contributed by atoms with van der Waals surface area (Å²) in [6.07, 6.45) is 6.12. The summed E-state index contributed by atoms with van der Waals surface area (Å²) in [6.45, 7) is 3.81. The summed E-state index contributed by atoms with van der Waals surface area (Å²) in [5.41, 5.74) is -0.0436. The van der Waals surface area contributed by atoms with Crippen molar-refractivity contribution >= 4 is 5.91 Å². The van der Waals surface area contributed by atoms with Gasteiger partial charge in [0.2, 0.25) is 17.1 Å². The Morgan fingerprint density at radius 2 is 1.89 bits per heavy atom. The van der Waals surface area contributed by atoms with E-state index in [1.54, 1.807) is 25.3 Å². The quantitative estimate of drug-likeness (QED) is 0.391. The zero-order valence-corrected chi connectivity index (χ0v) is 21.2. The third kappa shape index (κ3) is 6.35. The van der Waals surface area contributed by atoms with Crippen molar-refractivity contribution in [3.63, 3.8) is 0 Å². The number of ether oxygens (including phenoxy) is 1. The van der Waals surface area contributed by atoms with Crippen molar-refractivity contribution < 1.29 is 28.6 Å². The van der Waals surface area contributed by atoms with Crippen LogP contribution in [0.1, 0.15) is 66.9 Å². The number of carbonyl (C=O) groups is 1. The molecule has 2 aromatic heterocycles. The summed E-state index contributed by atoms with van der Waals surface area (Å²) in [4.78, 5) is 27.9. The van der Waals surface area contributed by atoms with Crippen molar-refractivity contribution in [2.45, 2.75) is 51.0 Å². The first-order valence-electron chi connectivity index (χ1n) is 12.6. The molecule has 1 aromatic carbocycles. The second-order valence-corrected chi connectivity index (χ2v) is 9.41. The van der Waals surface area contributed by atoms with Crippen molar-refractivity contribution in [2.24, 2.45) is 0 Å². The molecule has 1 saturated heterocycles. The van der Waals surface area contributed by atoms with Gasteiger partial charge in [-0.2, -0.15) is 0 Å². The van der Waals surface area contributed by atoms with Crippen LogP contribution in [0.4, 0.5) is 0 Å². The predicted molar refractivity (Wildman–Crippen MR) is 137 cm³/mol. The third-order valence-corrected chi connectivity index (χ3v) is 6.83. The Bertz CT molecular complexity index is 1240. The fourth-order valence-corrected chi connectivity index (χ4v) is 4.90. The Hall–Kier alpha value is -3.72. The van der Waals surface area contributed by atoms with Gasteiger partial charge in [-0.3, -0.25) is 14.5 Å². The van der Waals surface area contributed by atoms with Crippen molar-refractivity contribution in [1.82, 2.24) is 10.2 Å². The lowest BCUT2D eigenvalue weighted by molar-refractivity contribution is -0.121. The van der Waals surface area contributed by atoms with Crippen LogP contribution in [-0.2, 0) is 4.79 Å². The van der Waals surface area contributed by atoms with Crippen LogP contribution >= 0.6 is 0 Å². The number of hydrogen-bond acceptors (Lipinski definition) is 8. The normalized spacial score (nSPS) is 16.1. The van der Waals surface area contributed by atoms with Gasteiger partial charge in [-0.1, -0.05) is 18.9 Å². The van der Waals surface area contributed by atoms with Gasteiger partial charge in [-0.25, -0.2) is 0 Å². The van der Waals surface area contributed by atoms with Crippen molar-refractivity contribution in [3.05, 3.63) is 75.7 Å². The molecule has 0 spiro atoms. The minimum Gasteiger partial charge on any atom is -0.504 e. The van der Waals surface area contributed by atoms with E-state index in [1.165, 1.54) is 32.1 Å². The lowest BCUT2D eigenvalue weighted by atomic mass is 9.91. The summed E-state index contributed by atoms with van der Waals surface area (Å²) in [7, 11) is 1.42. The number of likely N-dealkylation sites (tertiary alicyclic amines) is 1. The Morgan fingerprint density at radius 1 is 1.14 bits per heavy atom. The minimum atomic E-state index is -0.789. The summed E-state index contributed by atoms with van der Waals surface area (Å²) >= 11 is 0. The Kier molecular flexibility index (Phi) is 8.55. The summed E-state index contributed by atoms with van der Waals surface area (Å²) < 4.78 is 16.7. The summed E-state index contributed by atoms with van der Waals surface area (Å²) in [5, 5.41) is 23.6. The minimum absolute atomic E-state index is 0.0111. The Morgan fingerprint density at radius 3 is 2.57 bits per heavy atom. The number of methoxy groups -OCH3 is 1. The lowest BCUT2D eigenvalue weighted by Crippen LogP contribution is -2.39. The molecule has 9 heteroatoms. The molecule has 0 aliphatic carbocycles. The highest BCUT2D eigenvalue weighted by molar-refractivity contribution is 5.77. The first-order valence-corrected chi connectivity index (χ1v) is 12.6. The molecule has 1 fully saturated rings. The maximum atomic E-state index is 13.3. The molecule has 2 atom stereocenters. The number of carbonyl (C=O) groups excluding carboxylic acids is 1. The maximum Gasteiger partial charge on any atom is 0.227 e. The number of phenolic OH excluding ortho intramolecular Hbond substituents is 1. The molecule has 1 aliphatic heterocycles. The molecule has 37 heavy (non-hydrogen) atoms. The zero-order chi connectivity index (χ0) is 26.4. The fraction of sp³-hybridized carbons (Fsp3) is 0.429. The molecule has 0 saturated carbocycles. The lowest BCUT2D eigenvalue weighted by Gasteiger charge is -2.29. The van der Waals surface area contributed by atoms with Crippen LogP contribution in [0.25, 0.3) is 0 Å². The van der Waals surface area contributed by atoms with E-state index in [0.717, 1.165) is 31.7 Å². The van der Waals surface area contributed by atoms with Gasteiger partial charge < -0.3 is 29.1 Å². The first-order chi connectivity index (χ1) is 17.9. The number of aryl methyl sites for hydroxylation is 1. The monoisotopic (exact) mass is 510 g/mol. The molecule has 0 unspecified atom stereocenters. The second kappa shape index (κ2) is 12.0. The molecule has 3 N–H and O–H groups in total. The molecule has 1 aliphatic rings. The highest BCUT2D eigenvalue weighted by Gasteiger charge is 2.28. The smallest absolute Gasteiger partial charge is 0.227 e. The van der Waals surface area contributed by atoms with E-state index in [1.807, 2.05) is 12.1 Å². The van der Waals surface area contributed by atoms with Crippen molar-refractivity contribution in [3.8, 4) is 17.2 Å². The number of nitrogens with zero attached hydrogens (tertiary/aromatic N) is 1. The fourth-order valence-electron chi connectivity index (χ4n) is 4.90. The summed E-state index contributed by atoms with van der Waals surface area (Å²) in [5.74, 6) is -0.386. The molecule has 0 bridgehead atoms. The van der Waals surface area contributed by atoms with Gasteiger partial charge >= 0.3 is 0 Å². The number of aromatic hydroxyl groups is 2. The molecule has 0 radical (unpaired) electrons. The van der Waals surface area contributed by atoms with E-state index in [2.05, 4.69) is 10.2 Å².